The van der Waals surface area contributed by atoms with Crippen molar-refractivity contribution in [1.82, 2.24) is 5.32 Å². The molecule has 0 unspecified atom stereocenters. The Kier molecular flexibility index (Phi) is 6.12. The summed E-state index contributed by atoms with van der Waals surface area (Å²) < 4.78 is 0. The molecule has 21 heavy (non-hydrogen) atoms. The van der Waals surface area contributed by atoms with E-state index in [1.165, 1.54) is 17.5 Å². The molecule has 0 atom stereocenters. The van der Waals surface area contributed by atoms with E-state index in [2.05, 4.69) is 30.4 Å². The topological polar surface area (TPSA) is 49.3 Å². The van der Waals surface area contributed by atoms with Crippen molar-refractivity contribution in [2.45, 2.75) is 50.3 Å². The SMILES string of the molecule is Cc1cccc(CSCC(=O)NC2(CO)CCCCC2)c1. The second-order valence-corrected chi connectivity index (χ2v) is 7.01. The van der Waals surface area contributed by atoms with Crippen molar-refractivity contribution >= 4 is 17.7 Å². The number of amides is 1. The third-order valence-electron chi connectivity index (χ3n) is 4.10. The van der Waals surface area contributed by atoms with Crippen molar-refractivity contribution in [3.05, 3.63) is 35.4 Å². The lowest BCUT2D eigenvalue weighted by Crippen LogP contribution is -2.53. The van der Waals surface area contributed by atoms with Crippen LogP contribution in [0.2, 0.25) is 0 Å². The monoisotopic (exact) mass is 307 g/mol. The molecule has 1 amide bonds. The summed E-state index contributed by atoms with van der Waals surface area (Å²) in [6.45, 7) is 2.14. The van der Waals surface area contributed by atoms with E-state index in [1.807, 2.05) is 6.07 Å². The molecule has 1 saturated carbocycles. The molecule has 0 radical (unpaired) electrons. The van der Waals surface area contributed by atoms with Gasteiger partial charge in [-0.1, -0.05) is 49.1 Å². The number of hydrogen-bond acceptors (Lipinski definition) is 3. The van der Waals surface area contributed by atoms with E-state index in [4.69, 9.17) is 0 Å². The molecule has 3 nitrogen and oxygen atoms in total. The first-order chi connectivity index (χ1) is 10.1. The van der Waals surface area contributed by atoms with Gasteiger partial charge in [-0.3, -0.25) is 4.79 Å². The Labute approximate surface area is 131 Å². The van der Waals surface area contributed by atoms with Gasteiger partial charge in [-0.2, -0.15) is 0 Å². The number of thioether (sulfide) groups is 1. The van der Waals surface area contributed by atoms with E-state index in [-0.39, 0.29) is 18.1 Å². The first-order valence-corrected chi connectivity index (χ1v) is 8.84. The van der Waals surface area contributed by atoms with Crippen molar-refractivity contribution in [2.24, 2.45) is 0 Å². The highest BCUT2D eigenvalue weighted by Gasteiger charge is 2.32. The van der Waals surface area contributed by atoms with Crippen LogP contribution in [0.15, 0.2) is 24.3 Å². The third-order valence-corrected chi connectivity index (χ3v) is 5.11. The fourth-order valence-corrected chi connectivity index (χ4v) is 3.72. The number of aliphatic hydroxyl groups is 1. The molecule has 0 heterocycles. The number of nitrogens with one attached hydrogen (secondary N) is 1. The zero-order valence-corrected chi connectivity index (χ0v) is 13.5. The van der Waals surface area contributed by atoms with Crippen LogP contribution >= 0.6 is 11.8 Å². The van der Waals surface area contributed by atoms with E-state index in [0.717, 1.165) is 31.4 Å². The van der Waals surface area contributed by atoms with Gasteiger partial charge in [-0.25, -0.2) is 0 Å². The standard InChI is InChI=1S/C17H25NO2S/c1-14-6-5-7-15(10-14)11-21-12-16(20)18-17(13-19)8-3-2-4-9-17/h5-7,10,19H,2-4,8-9,11-13H2,1H3,(H,18,20). The third kappa shape index (κ3) is 5.04. The molecule has 1 aromatic rings. The summed E-state index contributed by atoms with van der Waals surface area (Å²) in [5, 5.41) is 12.7. The van der Waals surface area contributed by atoms with Crippen LogP contribution < -0.4 is 5.32 Å². The Balaban J connectivity index is 1.76. The van der Waals surface area contributed by atoms with Gasteiger partial charge in [0.1, 0.15) is 0 Å². The molecule has 4 heteroatoms. The highest BCUT2D eigenvalue weighted by Crippen LogP contribution is 2.27. The predicted octanol–water partition coefficient (Wildman–Crippen LogP) is 3.04. The fraction of sp³-hybridized carbons (Fsp3) is 0.588. The number of carbonyl (C=O) groups is 1. The Bertz CT molecular complexity index is 470. The molecule has 0 saturated heterocycles. The van der Waals surface area contributed by atoms with Crippen LogP contribution in [0.3, 0.4) is 0 Å². The molecule has 0 spiro atoms. The van der Waals surface area contributed by atoms with Crippen molar-refractivity contribution in [2.75, 3.05) is 12.4 Å². The largest absolute Gasteiger partial charge is 0.394 e. The Hall–Kier alpha value is -1.00. The maximum absolute atomic E-state index is 12.1. The van der Waals surface area contributed by atoms with E-state index >= 15 is 0 Å². The highest BCUT2D eigenvalue weighted by molar-refractivity contribution is 7.99. The number of hydrogen-bond donors (Lipinski definition) is 2. The summed E-state index contributed by atoms with van der Waals surface area (Å²) in [4.78, 5) is 12.1. The summed E-state index contributed by atoms with van der Waals surface area (Å²) in [5.74, 6) is 1.35. The second-order valence-electron chi connectivity index (χ2n) is 6.03. The van der Waals surface area contributed by atoms with Gasteiger partial charge in [0.05, 0.1) is 17.9 Å². The summed E-state index contributed by atoms with van der Waals surface area (Å²) in [6.07, 6.45) is 5.20. The summed E-state index contributed by atoms with van der Waals surface area (Å²) in [5.41, 5.74) is 2.14. The molecule has 2 N–H and O–H groups in total. The highest BCUT2D eigenvalue weighted by atomic mass is 32.2. The number of benzene rings is 1. The van der Waals surface area contributed by atoms with E-state index in [1.54, 1.807) is 11.8 Å². The van der Waals surface area contributed by atoms with Gasteiger partial charge in [0.25, 0.3) is 0 Å². The second kappa shape index (κ2) is 7.85. The van der Waals surface area contributed by atoms with E-state index in [9.17, 15) is 9.90 Å². The lowest BCUT2D eigenvalue weighted by molar-refractivity contribution is -0.121. The predicted molar refractivity (Wildman–Crippen MR) is 88.4 cm³/mol. The van der Waals surface area contributed by atoms with Crippen molar-refractivity contribution in [3.8, 4) is 0 Å². The van der Waals surface area contributed by atoms with Crippen LogP contribution in [0.1, 0.15) is 43.2 Å². The van der Waals surface area contributed by atoms with Gasteiger partial charge >= 0.3 is 0 Å². The maximum Gasteiger partial charge on any atom is 0.230 e. The van der Waals surface area contributed by atoms with E-state index in [0.29, 0.717) is 5.75 Å². The van der Waals surface area contributed by atoms with Crippen LogP contribution in [0, 0.1) is 6.92 Å². The van der Waals surface area contributed by atoms with E-state index < -0.39 is 0 Å². The van der Waals surface area contributed by atoms with Crippen LogP contribution in [-0.4, -0.2) is 28.9 Å². The zero-order valence-electron chi connectivity index (χ0n) is 12.7. The van der Waals surface area contributed by atoms with Gasteiger partial charge < -0.3 is 10.4 Å². The molecule has 1 aliphatic rings. The van der Waals surface area contributed by atoms with Gasteiger partial charge in [0.2, 0.25) is 5.91 Å². The first kappa shape index (κ1) is 16.4. The minimum Gasteiger partial charge on any atom is -0.394 e. The minimum absolute atomic E-state index is 0.0450. The summed E-state index contributed by atoms with van der Waals surface area (Å²) in [6, 6.07) is 8.37. The maximum atomic E-state index is 12.1. The number of aryl methyl sites for hydroxylation is 1. The quantitative estimate of drug-likeness (QED) is 0.849. The molecule has 1 aliphatic carbocycles. The number of aliphatic hydroxyl groups excluding tert-OH is 1. The molecule has 0 aromatic heterocycles. The van der Waals surface area contributed by atoms with Crippen molar-refractivity contribution in [3.63, 3.8) is 0 Å². The molecule has 1 fully saturated rings. The Morgan fingerprint density at radius 1 is 1.33 bits per heavy atom. The molecular formula is C17H25NO2S. The Morgan fingerprint density at radius 3 is 2.76 bits per heavy atom. The number of carbonyl (C=O) groups excluding carboxylic acids is 1. The van der Waals surface area contributed by atoms with Crippen molar-refractivity contribution in [1.29, 1.82) is 0 Å². The molecule has 0 bridgehead atoms. The first-order valence-electron chi connectivity index (χ1n) is 7.69. The van der Waals surface area contributed by atoms with Crippen LogP contribution in [0.4, 0.5) is 0 Å². The molecule has 116 valence electrons. The smallest absolute Gasteiger partial charge is 0.230 e. The van der Waals surface area contributed by atoms with Gasteiger partial charge in [-0.05, 0) is 25.3 Å². The van der Waals surface area contributed by atoms with Crippen LogP contribution in [-0.2, 0) is 10.5 Å². The van der Waals surface area contributed by atoms with Crippen molar-refractivity contribution < 1.29 is 9.90 Å². The normalized spacial score (nSPS) is 17.4. The molecular weight excluding hydrogens is 282 g/mol. The van der Waals surface area contributed by atoms with Crippen LogP contribution in [0.25, 0.3) is 0 Å². The molecule has 2 rings (SSSR count). The Morgan fingerprint density at radius 2 is 2.10 bits per heavy atom. The van der Waals surface area contributed by atoms with Gasteiger partial charge in [0.15, 0.2) is 0 Å². The summed E-state index contributed by atoms with van der Waals surface area (Å²) >= 11 is 1.63. The molecule has 1 aromatic carbocycles. The average Bonchev–Trinajstić information content (AvgIpc) is 2.48. The summed E-state index contributed by atoms with van der Waals surface area (Å²) in [7, 11) is 0. The lowest BCUT2D eigenvalue weighted by Gasteiger charge is -2.36. The molecule has 0 aliphatic heterocycles. The lowest BCUT2D eigenvalue weighted by atomic mass is 9.82. The zero-order chi connectivity index (χ0) is 15.1. The van der Waals surface area contributed by atoms with Gasteiger partial charge in [-0.15, -0.1) is 11.8 Å². The number of rotatable bonds is 6. The fourth-order valence-electron chi connectivity index (χ4n) is 2.95. The van der Waals surface area contributed by atoms with Crippen LogP contribution in [0.5, 0.6) is 0 Å². The average molecular weight is 307 g/mol. The van der Waals surface area contributed by atoms with Gasteiger partial charge in [0, 0.05) is 5.75 Å². The minimum atomic E-state index is -0.362.